The summed E-state index contributed by atoms with van der Waals surface area (Å²) in [5.74, 6) is 0.991. The molecule has 0 bridgehead atoms. The van der Waals surface area contributed by atoms with E-state index in [0.717, 1.165) is 18.7 Å². The van der Waals surface area contributed by atoms with Gasteiger partial charge in [-0.25, -0.2) is 5.01 Å². The van der Waals surface area contributed by atoms with Crippen LogP contribution in [0.1, 0.15) is 19.3 Å². The summed E-state index contributed by atoms with van der Waals surface area (Å²) in [6.45, 7) is 1.77. The number of fused-ring (bicyclic) bond motifs is 2. The Balaban J connectivity index is 2.09. The molecular weight excluding hydrogens is 152 g/mol. The minimum Gasteiger partial charge on any atom is -0.279 e. The second-order valence-electron chi connectivity index (χ2n) is 3.14. The molecule has 2 heterocycles. The highest BCUT2D eigenvalue weighted by Gasteiger charge is 2.28. The highest BCUT2D eigenvalue weighted by Crippen LogP contribution is 2.30. The SMILES string of the molecule is [CH]1NN=C2C3=C(C=NN12)CCC3. The maximum Gasteiger partial charge on any atom is 0.180 e. The van der Waals surface area contributed by atoms with E-state index in [-0.39, 0.29) is 0 Å². The quantitative estimate of drug-likeness (QED) is 0.571. The average Bonchev–Trinajstić information content (AvgIpc) is 2.71. The molecule has 3 aliphatic rings. The lowest BCUT2D eigenvalue weighted by Gasteiger charge is -2.17. The summed E-state index contributed by atoms with van der Waals surface area (Å²) in [5, 5.41) is 10.2. The Morgan fingerprint density at radius 3 is 3.42 bits per heavy atom. The van der Waals surface area contributed by atoms with Crippen LogP contribution >= 0.6 is 0 Å². The van der Waals surface area contributed by atoms with E-state index in [9.17, 15) is 0 Å². The van der Waals surface area contributed by atoms with Crippen molar-refractivity contribution in [3.05, 3.63) is 17.8 Å². The van der Waals surface area contributed by atoms with Crippen LogP contribution in [0.4, 0.5) is 0 Å². The standard InChI is InChI=1S/C8H9N4/c1-2-6-4-10-12-5-9-11-8(12)7(6)3-1/h4-5,9H,1-3H2. The molecule has 1 N–H and O–H groups in total. The Morgan fingerprint density at radius 2 is 2.42 bits per heavy atom. The van der Waals surface area contributed by atoms with E-state index in [1.54, 1.807) is 11.7 Å². The van der Waals surface area contributed by atoms with Gasteiger partial charge in [-0.3, -0.25) is 5.43 Å². The highest BCUT2D eigenvalue weighted by atomic mass is 15.6. The summed E-state index contributed by atoms with van der Waals surface area (Å²) in [5.41, 5.74) is 5.55. The van der Waals surface area contributed by atoms with E-state index in [1.807, 2.05) is 6.21 Å². The molecule has 12 heavy (non-hydrogen) atoms. The minimum atomic E-state index is 0.991. The van der Waals surface area contributed by atoms with Crippen LogP contribution in [0, 0.1) is 6.67 Å². The first-order chi connectivity index (χ1) is 5.95. The van der Waals surface area contributed by atoms with E-state index < -0.39 is 0 Å². The van der Waals surface area contributed by atoms with Gasteiger partial charge in [0.15, 0.2) is 12.5 Å². The summed E-state index contributed by atoms with van der Waals surface area (Å²) >= 11 is 0. The number of hydrogen-bond donors (Lipinski definition) is 1. The Kier molecular flexibility index (Phi) is 1.08. The summed E-state index contributed by atoms with van der Waals surface area (Å²) in [6, 6.07) is 0. The Bertz CT molecular complexity index is 313. The third-order valence-electron chi connectivity index (χ3n) is 2.44. The van der Waals surface area contributed by atoms with Crippen molar-refractivity contribution < 1.29 is 0 Å². The van der Waals surface area contributed by atoms with E-state index in [1.165, 1.54) is 17.6 Å². The van der Waals surface area contributed by atoms with Gasteiger partial charge in [-0.05, 0) is 24.8 Å². The number of nitrogens with one attached hydrogen (secondary N) is 1. The lowest BCUT2D eigenvalue weighted by molar-refractivity contribution is 0.532. The second kappa shape index (κ2) is 2.09. The lowest BCUT2D eigenvalue weighted by Crippen LogP contribution is -2.24. The van der Waals surface area contributed by atoms with Crippen LogP contribution in [0.5, 0.6) is 0 Å². The van der Waals surface area contributed by atoms with Crippen LogP contribution in [-0.4, -0.2) is 17.1 Å². The molecular formula is C8H9N4. The van der Waals surface area contributed by atoms with E-state index in [0.29, 0.717) is 0 Å². The van der Waals surface area contributed by atoms with Crippen LogP contribution in [0.3, 0.4) is 0 Å². The van der Waals surface area contributed by atoms with Crippen molar-refractivity contribution in [1.29, 1.82) is 0 Å². The van der Waals surface area contributed by atoms with Gasteiger partial charge in [0.05, 0.1) is 6.21 Å². The molecule has 4 nitrogen and oxygen atoms in total. The molecule has 0 unspecified atom stereocenters. The molecule has 0 spiro atoms. The topological polar surface area (TPSA) is 40.0 Å². The maximum atomic E-state index is 4.24. The third-order valence-corrected chi connectivity index (χ3v) is 2.44. The number of hydrogen-bond acceptors (Lipinski definition) is 4. The molecule has 3 rings (SSSR count). The fraction of sp³-hybridized carbons (Fsp3) is 0.375. The van der Waals surface area contributed by atoms with Gasteiger partial charge in [0.25, 0.3) is 0 Å². The van der Waals surface area contributed by atoms with Crippen molar-refractivity contribution in [2.45, 2.75) is 19.3 Å². The van der Waals surface area contributed by atoms with Crippen molar-refractivity contribution in [3.8, 4) is 0 Å². The van der Waals surface area contributed by atoms with Gasteiger partial charge in [-0.15, -0.1) is 0 Å². The zero-order valence-electron chi connectivity index (χ0n) is 6.62. The first kappa shape index (κ1) is 6.22. The van der Waals surface area contributed by atoms with Gasteiger partial charge < -0.3 is 0 Å². The second-order valence-corrected chi connectivity index (χ2v) is 3.14. The summed E-state index contributed by atoms with van der Waals surface area (Å²) in [7, 11) is 0. The molecule has 4 heteroatoms. The van der Waals surface area contributed by atoms with Crippen LogP contribution in [0.15, 0.2) is 21.3 Å². The number of rotatable bonds is 0. The predicted molar refractivity (Wildman–Crippen MR) is 46.1 cm³/mol. The number of nitrogens with zero attached hydrogens (tertiary/aromatic N) is 3. The van der Waals surface area contributed by atoms with Crippen molar-refractivity contribution in [3.63, 3.8) is 0 Å². The number of allylic oxidation sites excluding steroid dienone is 1. The highest BCUT2D eigenvalue weighted by molar-refractivity contribution is 6.07. The van der Waals surface area contributed by atoms with E-state index >= 15 is 0 Å². The maximum absolute atomic E-state index is 4.24. The van der Waals surface area contributed by atoms with Crippen LogP contribution < -0.4 is 5.43 Å². The van der Waals surface area contributed by atoms with Crippen LogP contribution in [0.25, 0.3) is 0 Å². The summed E-state index contributed by atoms with van der Waals surface area (Å²) < 4.78 is 0. The van der Waals surface area contributed by atoms with Crippen LogP contribution in [0.2, 0.25) is 0 Å². The van der Waals surface area contributed by atoms with Gasteiger partial charge in [0, 0.05) is 5.57 Å². The molecule has 2 aliphatic heterocycles. The molecule has 0 aromatic carbocycles. The largest absolute Gasteiger partial charge is 0.279 e. The van der Waals surface area contributed by atoms with Gasteiger partial charge in [-0.1, -0.05) is 0 Å². The molecule has 0 aromatic heterocycles. The van der Waals surface area contributed by atoms with Crippen molar-refractivity contribution in [2.24, 2.45) is 10.2 Å². The number of amidine groups is 1. The molecule has 0 fully saturated rings. The normalized spacial score (nSPS) is 25.3. The molecule has 0 atom stereocenters. The molecule has 0 saturated heterocycles. The minimum absolute atomic E-state index is 0.991. The first-order valence-electron chi connectivity index (χ1n) is 4.17. The molecule has 61 valence electrons. The average molecular weight is 161 g/mol. The zero-order chi connectivity index (χ0) is 7.97. The summed E-state index contributed by atoms with van der Waals surface area (Å²) in [6.07, 6.45) is 5.49. The zero-order valence-corrected chi connectivity index (χ0v) is 6.62. The molecule has 1 aliphatic carbocycles. The first-order valence-corrected chi connectivity index (χ1v) is 4.17. The Hall–Kier alpha value is -1.32. The van der Waals surface area contributed by atoms with Gasteiger partial charge in [0.1, 0.15) is 0 Å². The van der Waals surface area contributed by atoms with Gasteiger partial charge in [0.2, 0.25) is 0 Å². The predicted octanol–water partition coefficient (Wildman–Crippen LogP) is 0.804. The molecule has 1 radical (unpaired) electrons. The van der Waals surface area contributed by atoms with Gasteiger partial charge >= 0.3 is 0 Å². The van der Waals surface area contributed by atoms with E-state index in [2.05, 4.69) is 15.6 Å². The molecule has 0 aromatic rings. The van der Waals surface area contributed by atoms with E-state index in [4.69, 9.17) is 0 Å². The molecule has 0 amide bonds. The van der Waals surface area contributed by atoms with Crippen molar-refractivity contribution >= 4 is 12.1 Å². The smallest absolute Gasteiger partial charge is 0.180 e. The fourth-order valence-corrected chi connectivity index (χ4v) is 1.85. The Labute approximate surface area is 70.6 Å². The van der Waals surface area contributed by atoms with Gasteiger partial charge in [-0.2, -0.15) is 10.2 Å². The number of hydrazone groups is 2. The fourth-order valence-electron chi connectivity index (χ4n) is 1.85. The lowest BCUT2D eigenvalue weighted by atomic mass is 10.1. The summed E-state index contributed by atoms with van der Waals surface area (Å²) in [4.78, 5) is 0. The molecule has 0 saturated carbocycles. The third kappa shape index (κ3) is 0.668. The van der Waals surface area contributed by atoms with Crippen LogP contribution in [-0.2, 0) is 0 Å². The van der Waals surface area contributed by atoms with Crippen molar-refractivity contribution in [1.82, 2.24) is 10.4 Å². The monoisotopic (exact) mass is 161 g/mol. The Morgan fingerprint density at radius 1 is 1.42 bits per heavy atom. The van der Waals surface area contributed by atoms with Crippen molar-refractivity contribution in [2.75, 3.05) is 0 Å².